The molecule has 2 heterocycles. The first-order valence-corrected chi connectivity index (χ1v) is 12.0. The maximum Gasteiger partial charge on any atom is 0.205 e. The molecule has 2 aromatic rings. The van der Waals surface area contributed by atoms with Crippen LogP contribution in [0, 0.1) is 0 Å². The topological polar surface area (TPSA) is 52.9 Å². The number of nitrogens with zero attached hydrogens (tertiary/aromatic N) is 1. The number of rotatable bonds is 2. The quantitative estimate of drug-likeness (QED) is 0.493. The zero-order valence-corrected chi connectivity index (χ0v) is 22.7. The zero-order chi connectivity index (χ0) is 23.3. The fourth-order valence-electron chi connectivity index (χ4n) is 5.05. The number of morpholine rings is 1. The van der Waals surface area contributed by atoms with Gasteiger partial charge in [-0.25, -0.2) is 0 Å². The van der Waals surface area contributed by atoms with E-state index in [1.165, 1.54) is 12.8 Å². The molecule has 5 heteroatoms. The second-order valence-corrected chi connectivity index (χ2v) is 11.7. The van der Waals surface area contributed by atoms with Crippen molar-refractivity contribution in [2.45, 2.75) is 83.5 Å². The number of aromatic hydroxyl groups is 1. The van der Waals surface area contributed by atoms with Crippen molar-refractivity contribution in [3.05, 3.63) is 53.1 Å². The highest BCUT2D eigenvalue weighted by Crippen LogP contribution is 2.42. The van der Waals surface area contributed by atoms with Crippen LogP contribution in [-0.2, 0) is 21.4 Å². The summed E-state index contributed by atoms with van der Waals surface area (Å²) in [4.78, 5) is 2.38. The molecule has 0 bridgehead atoms. The Balaban J connectivity index is 0.00000306. The summed E-state index contributed by atoms with van der Waals surface area (Å²) in [5.74, 6) is -0.861. The number of fused-ring (bicyclic) bond motifs is 1. The first kappa shape index (κ1) is 26.2. The lowest BCUT2D eigenvalue weighted by Gasteiger charge is -2.46. The molecule has 0 radical (unpaired) electrons. The van der Waals surface area contributed by atoms with Gasteiger partial charge in [0, 0.05) is 22.7 Å². The van der Waals surface area contributed by atoms with Gasteiger partial charge in [0.05, 0.1) is 13.2 Å². The van der Waals surface area contributed by atoms with E-state index in [-0.39, 0.29) is 27.8 Å². The number of hydrogen-bond acceptors (Lipinski definition) is 4. The van der Waals surface area contributed by atoms with E-state index in [1.807, 2.05) is 12.1 Å². The van der Waals surface area contributed by atoms with Gasteiger partial charge in [-0.15, -0.1) is 17.0 Å². The van der Waals surface area contributed by atoms with Gasteiger partial charge >= 0.3 is 0 Å². The molecular formula is C28H40BrNO3. The molecule has 0 aromatic heterocycles. The van der Waals surface area contributed by atoms with Crippen LogP contribution in [0.15, 0.2) is 36.4 Å². The van der Waals surface area contributed by atoms with Crippen molar-refractivity contribution in [3.8, 4) is 16.9 Å². The van der Waals surface area contributed by atoms with Gasteiger partial charge in [0.25, 0.3) is 0 Å². The molecule has 2 aliphatic heterocycles. The Morgan fingerprint density at radius 1 is 0.909 bits per heavy atom. The summed E-state index contributed by atoms with van der Waals surface area (Å²) >= 11 is 0. The van der Waals surface area contributed by atoms with Gasteiger partial charge in [-0.05, 0) is 53.5 Å². The number of aliphatic hydroxyl groups is 1. The van der Waals surface area contributed by atoms with Crippen LogP contribution in [0.4, 0.5) is 0 Å². The van der Waals surface area contributed by atoms with Crippen LogP contribution in [0.25, 0.3) is 11.1 Å². The third-order valence-electron chi connectivity index (χ3n) is 7.08. The number of halogens is 1. The first-order valence-electron chi connectivity index (χ1n) is 12.0. The minimum Gasteiger partial charge on any atom is -0.507 e. The van der Waals surface area contributed by atoms with E-state index in [9.17, 15) is 10.2 Å². The van der Waals surface area contributed by atoms with Crippen molar-refractivity contribution >= 4 is 17.0 Å². The molecule has 4 nitrogen and oxygen atoms in total. The standard InChI is InChI=1S/C28H39NO3.BrH/c1-26(2,3)23-15-20(16-24(25(23)30)27(4,5)6)19-10-12-21(13-11-19)28(31)18-29-14-8-7-9-22(29)17-32-28;/h10-13,15-16,22,30-31H,7-9,14,17-18H2,1-6H3;1H. The second kappa shape index (κ2) is 9.33. The van der Waals surface area contributed by atoms with Gasteiger partial charge in [0.15, 0.2) is 0 Å². The summed E-state index contributed by atoms with van der Waals surface area (Å²) in [5.41, 5.74) is 4.52. The Labute approximate surface area is 209 Å². The van der Waals surface area contributed by atoms with Crippen molar-refractivity contribution in [1.82, 2.24) is 4.90 Å². The predicted octanol–water partition coefficient (Wildman–Crippen LogP) is 6.26. The fraction of sp³-hybridized carbons (Fsp3) is 0.571. The van der Waals surface area contributed by atoms with Gasteiger partial charge < -0.3 is 14.9 Å². The highest BCUT2D eigenvalue weighted by molar-refractivity contribution is 8.93. The highest BCUT2D eigenvalue weighted by Gasteiger charge is 2.41. The average Bonchev–Trinajstić information content (AvgIpc) is 2.72. The summed E-state index contributed by atoms with van der Waals surface area (Å²) < 4.78 is 5.99. The average molecular weight is 519 g/mol. The summed E-state index contributed by atoms with van der Waals surface area (Å²) in [5, 5.41) is 22.3. The Hall–Kier alpha value is -1.40. The largest absolute Gasteiger partial charge is 0.507 e. The lowest BCUT2D eigenvalue weighted by atomic mass is 9.77. The van der Waals surface area contributed by atoms with Crippen molar-refractivity contribution in [1.29, 1.82) is 0 Å². The molecule has 2 saturated heterocycles. The third kappa shape index (κ3) is 5.32. The van der Waals surface area contributed by atoms with Crippen LogP contribution in [0.1, 0.15) is 77.5 Å². The maximum absolute atomic E-state index is 11.3. The maximum atomic E-state index is 11.3. The molecule has 0 saturated carbocycles. The molecule has 2 atom stereocenters. The number of benzene rings is 2. The normalized spacial score (nSPS) is 24.2. The molecule has 182 valence electrons. The first-order chi connectivity index (χ1) is 14.9. The van der Waals surface area contributed by atoms with Crippen LogP contribution in [0.3, 0.4) is 0 Å². The Morgan fingerprint density at radius 2 is 1.48 bits per heavy atom. The van der Waals surface area contributed by atoms with E-state index in [1.54, 1.807) is 0 Å². The van der Waals surface area contributed by atoms with E-state index in [0.29, 0.717) is 24.9 Å². The van der Waals surface area contributed by atoms with Crippen molar-refractivity contribution < 1.29 is 14.9 Å². The molecule has 2 N–H and O–H groups in total. The van der Waals surface area contributed by atoms with E-state index >= 15 is 0 Å². The summed E-state index contributed by atoms with van der Waals surface area (Å²) in [6.07, 6.45) is 3.60. The number of phenolic OH excluding ortho intramolecular Hbond substituents is 1. The van der Waals surface area contributed by atoms with E-state index < -0.39 is 5.79 Å². The molecular weight excluding hydrogens is 478 g/mol. The lowest BCUT2D eigenvalue weighted by Crippen LogP contribution is -2.56. The predicted molar refractivity (Wildman–Crippen MR) is 140 cm³/mol. The summed E-state index contributed by atoms with van der Waals surface area (Å²) in [6, 6.07) is 12.7. The second-order valence-electron chi connectivity index (χ2n) is 11.7. The molecule has 0 aliphatic carbocycles. The highest BCUT2D eigenvalue weighted by atomic mass is 79.9. The van der Waals surface area contributed by atoms with E-state index in [2.05, 4.69) is 70.7 Å². The molecule has 0 spiro atoms. The van der Waals surface area contributed by atoms with Crippen molar-refractivity contribution in [2.75, 3.05) is 19.7 Å². The zero-order valence-electron chi connectivity index (χ0n) is 20.9. The molecule has 2 aromatic carbocycles. The van der Waals surface area contributed by atoms with Gasteiger partial charge in [-0.3, -0.25) is 4.90 Å². The third-order valence-corrected chi connectivity index (χ3v) is 7.08. The van der Waals surface area contributed by atoms with Crippen LogP contribution in [-0.4, -0.2) is 40.9 Å². The Morgan fingerprint density at radius 3 is 2.03 bits per heavy atom. The van der Waals surface area contributed by atoms with Gasteiger partial charge in [0.1, 0.15) is 5.75 Å². The fourth-order valence-corrected chi connectivity index (χ4v) is 5.05. The number of piperidine rings is 1. The van der Waals surface area contributed by atoms with Crippen LogP contribution in [0.2, 0.25) is 0 Å². The van der Waals surface area contributed by atoms with Crippen molar-refractivity contribution in [3.63, 3.8) is 0 Å². The molecule has 33 heavy (non-hydrogen) atoms. The van der Waals surface area contributed by atoms with E-state index in [0.717, 1.165) is 40.8 Å². The van der Waals surface area contributed by atoms with Crippen molar-refractivity contribution in [2.24, 2.45) is 0 Å². The molecule has 2 unspecified atom stereocenters. The lowest BCUT2D eigenvalue weighted by molar-refractivity contribution is -0.264. The molecule has 0 amide bonds. The van der Waals surface area contributed by atoms with Crippen LogP contribution < -0.4 is 0 Å². The summed E-state index contributed by atoms with van der Waals surface area (Å²) in [7, 11) is 0. The van der Waals surface area contributed by atoms with Gasteiger partial charge in [0.2, 0.25) is 5.79 Å². The van der Waals surface area contributed by atoms with Crippen LogP contribution >= 0.6 is 17.0 Å². The Kier molecular flexibility index (Phi) is 7.41. The Bertz CT molecular complexity index is 939. The monoisotopic (exact) mass is 517 g/mol. The number of phenols is 1. The molecule has 4 rings (SSSR count). The minimum atomic E-state index is -1.26. The van der Waals surface area contributed by atoms with Crippen LogP contribution in [0.5, 0.6) is 5.75 Å². The molecule has 2 fully saturated rings. The van der Waals surface area contributed by atoms with Gasteiger partial charge in [-0.2, -0.15) is 0 Å². The SMILES string of the molecule is Br.CC(C)(C)c1cc(-c2ccc(C3(O)CN4CCCCC4CO3)cc2)cc(C(C)(C)C)c1O. The number of ether oxygens (including phenoxy) is 1. The smallest absolute Gasteiger partial charge is 0.205 e. The van der Waals surface area contributed by atoms with E-state index in [4.69, 9.17) is 4.74 Å². The van der Waals surface area contributed by atoms with Gasteiger partial charge in [-0.1, -0.05) is 72.2 Å². The minimum absolute atomic E-state index is 0. The summed E-state index contributed by atoms with van der Waals surface area (Å²) in [6.45, 7) is 14.9. The number of hydrogen-bond donors (Lipinski definition) is 2. The molecule has 2 aliphatic rings.